The van der Waals surface area contributed by atoms with Crippen LogP contribution in [0.1, 0.15) is 29.2 Å². The fraction of sp³-hybridized carbons (Fsp3) is 0.333. The maximum absolute atomic E-state index is 6.23. The minimum Gasteiger partial charge on any atom is -0.302 e. The van der Waals surface area contributed by atoms with E-state index < -0.39 is 0 Å². The molecule has 0 aliphatic heterocycles. The van der Waals surface area contributed by atoms with Crippen LogP contribution in [0.5, 0.6) is 0 Å². The minimum absolute atomic E-state index is 0.211. The second-order valence-electron chi connectivity index (χ2n) is 5.56. The third-order valence-electron chi connectivity index (χ3n) is 3.98. The average molecular weight is 288 g/mol. The number of benzene rings is 2. The van der Waals surface area contributed by atoms with E-state index in [1.807, 2.05) is 6.07 Å². The number of hydrogen-bond acceptors (Lipinski definition) is 1. The van der Waals surface area contributed by atoms with E-state index in [1.165, 1.54) is 22.3 Å². The SMILES string of the molecule is Cc1cccc(C)c1CNC(C)(CCl)c1ccccc1. The Labute approximate surface area is 127 Å². The molecule has 0 spiro atoms. The maximum atomic E-state index is 6.23. The lowest BCUT2D eigenvalue weighted by Gasteiger charge is -2.30. The van der Waals surface area contributed by atoms with Gasteiger partial charge in [0.15, 0.2) is 0 Å². The van der Waals surface area contributed by atoms with Crippen molar-refractivity contribution in [3.8, 4) is 0 Å². The predicted octanol–water partition coefficient (Wildman–Crippen LogP) is 4.55. The summed E-state index contributed by atoms with van der Waals surface area (Å²) in [6, 6.07) is 16.8. The topological polar surface area (TPSA) is 12.0 Å². The third kappa shape index (κ3) is 3.23. The number of alkyl halides is 1. The highest BCUT2D eigenvalue weighted by Crippen LogP contribution is 2.23. The summed E-state index contributed by atoms with van der Waals surface area (Å²) in [5.41, 5.74) is 5.02. The highest BCUT2D eigenvalue weighted by atomic mass is 35.5. The van der Waals surface area contributed by atoms with Crippen molar-refractivity contribution in [1.29, 1.82) is 0 Å². The molecule has 0 radical (unpaired) electrons. The Bertz CT molecular complexity index is 545. The van der Waals surface area contributed by atoms with Crippen molar-refractivity contribution in [3.63, 3.8) is 0 Å². The highest BCUT2D eigenvalue weighted by molar-refractivity contribution is 6.18. The molecule has 2 aromatic carbocycles. The molecule has 1 nitrogen and oxygen atoms in total. The van der Waals surface area contributed by atoms with Crippen LogP contribution in [-0.4, -0.2) is 5.88 Å². The van der Waals surface area contributed by atoms with Crippen molar-refractivity contribution in [2.45, 2.75) is 32.9 Å². The van der Waals surface area contributed by atoms with Gasteiger partial charge in [0.05, 0.1) is 5.54 Å². The number of nitrogens with one attached hydrogen (secondary N) is 1. The number of rotatable bonds is 5. The van der Waals surface area contributed by atoms with Crippen molar-refractivity contribution >= 4 is 11.6 Å². The van der Waals surface area contributed by atoms with Crippen LogP contribution in [0, 0.1) is 13.8 Å². The van der Waals surface area contributed by atoms with Gasteiger partial charge in [-0.25, -0.2) is 0 Å². The van der Waals surface area contributed by atoms with Gasteiger partial charge in [0.25, 0.3) is 0 Å². The summed E-state index contributed by atoms with van der Waals surface area (Å²) in [4.78, 5) is 0. The smallest absolute Gasteiger partial charge is 0.0545 e. The lowest BCUT2D eigenvalue weighted by molar-refractivity contribution is 0.406. The lowest BCUT2D eigenvalue weighted by Crippen LogP contribution is -2.41. The van der Waals surface area contributed by atoms with Crippen molar-refractivity contribution in [3.05, 3.63) is 70.8 Å². The first-order chi connectivity index (χ1) is 9.57. The van der Waals surface area contributed by atoms with Crippen LogP contribution < -0.4 is 5.32 Å². The van der Waals surface area contributed by atoms with E-state index in [0.29, 0.717) is 5.88 Å². The molecule has 2 heteroatoms. The Morgan fingerprint density at radius 2 is 1.55 bits per heavy atom. The second kappa shape index (κ2) is 6.43. The fourth-order valence-corrected chi connectivity index (χ4v) is 2.69. The van der Waals surface area contributed by atoms with E-state index in [2.05, 4.69) is 68.6 Å². The molecule has 0 aliphatic carbocycles. The fourth-order valence-electron chi connectivity index (χ4n) is 2.44. The van der Waals surface area contributed by atoms with E-state index >= 15 is 0 Å². The third-order valence-corrected chi connectivity index (χ3v) is 4.51. The monoisotopic (exact) mass is 287 g/mol. The molecule has 20 heavy (non-hydrogen) atoms. The van der Waals surface area contributed by atoms with Crippen molar-refractivity contribution in [1.82, 2.24) is 5.32 Å². The van der Waals surface area contributed by atoms with Gasteiger partial charge in [0, 0.05) is 12.4 Å². The molecule has 0 aromatic heterocycles. The number of aryl methyl sites for hydroxylation is 2. The molecule has 0 saturated heterocycles. The van der Waals surface area contributed by atoms with Gasteiger partial charge in [-0.1, -0.05) is 48.5 Å². The molecule has 0 fully saturated rings. The first-order valence-corrected chi connectivity index (χ1v) is 7.52. The molecule has 2 rings (SSSR count). The Morgan fingerprint density at radius 1 is 0.950 bits per heavy atom. The molecule has 0 bridgehead atoms. The Hall–Kier alpha value is -1.31. The van der Waals surface area contributed by atoms with Gasteiger partial charge >= 0.3 is 0 Å². The molecule has 1 unspecified atom stereocenters. The Morgan fingerprint density at radius 3 is 2.10 bits per heavy atom. The molecular weight excluding hydrogens is 266 g/mol. The maximum Gasteiger partial charge on any atom is 0.0545 e. The van der Waals surface area contributed by atoms with Crippen LogP contribution in [0.15, 0.2) is 48.5 Å². The van der Waals surface area contributed by atoms with E-state index in [0.717, 1.165) is 6.54 Å². The molecule has 0 heterocycles. The summed E-state index contributed by atoms with van der Waals surface area (Å²) in [6.45, 7) is 7.30. The van der Waals surface area contributed by atoms with Gasteiger partial charge in [-0.3, -0.25) is 0 Å². The summed E-state index contributed by atoms with van der Waals surface area (Å²) in [7, 11) is 0. The van der Waals surface area contributed by atoms with Crippen LogP contribution in [0.2, 0.25) is 0 Å². The molecule has 0 saturated carbocycles. The first-order valence-electron chi connectivity index (χ1n) is 6.98. The summed E-state index contributed by atoms with van der Waals surface area (Å²) < 4.78 is 0. The van der Waals surface area contributed by atoms with Crippen LogP contribution in [0.25, 0.3) is 0 Å². The van der Waals surface area contributed by atoms with E-state index in [-0.39, 0.29) is 5.54 Å². The minimum atomic E-state index is -0.211. The summed E-state index contributed by atoms with van der Waals surface area (Å²) in [5.74, 6) is 0.544. The summed E-state index contributed by atoms with van der Waals surface area (Å²) >= 11 is 6.23. The van der Waals surface area contributed by atoms with Gasteiger partial charge in [-0.2, -0.15) is 0 Å². The van der Waals surface area contributed by atoms with Crippen LogP contribution in [0.4, 0.5) is 0 Å². The van der Waals surface area contributed by atoms with Crippen LogP contribution in [0.3, 0.4) is 0 Å². The molecule has 1 atom stereocenters. The average Bonchev–Trinajstić information content (AvgIpc) is 2.47. The zero-order chi connectivity index (χ0) is 14.6. The molecule has 2 aromatic rings. The molecule has 0 aliphatic rings. The molecular formula is C18H22ClN. The number of hydrogen-bond donors (Lipinski definition) is 1. The van der Waals surface area contributed by atoms with Crippen LogP contribution in [-0.2, 0) is 12.1 Å². The van der Waals surface area contributed by atoms with Crippen molar-refractivity contribution in [2.75, 3.05) is 5.88 Å². The van der Waals surface area contributed by atoms with E-state index in [1.54, 1.807) is 0 Å². The molecule has 1 N–H and O–H groups in total. The second-order valence-corrected chi connectivity index (χ2v) is 5.82. The Kier molecular flexibility index (Phi) is 4.85. The quantitative estimate of drug-likeness (QED) is 0.796. The molecule has 0 amide bonds. The predicted molar refractivity (Wildman–Crippen MR) is 87.3 cm³/mol. The van der Waals surface area contributed by atoms with Crippen molar-refractivity contribution in [2.24, 2.45) is 0 Å². The highest BCUT2D eigenvalue weighted by Gasteiger charge is 2.24. The van der Waals surface area contributed by atoms with Gasteiger partial charge in [0.2, 0.25) is 0 Å². The standard InChI is InChI=1S/C18H22ClN/c1-14-8-7-9-15(2)17(14)12-20-18(3,13-19)16-10-5-4-6-11-16/h4-11,20H,12-13H2,1-3H3. The lowest BCUT2D eigenvalue weighted by atomic mass is 9.93. The van der Waals surface area contributed by atoms with Gasteiger partial charge in [-0.15, -0.1) is 11.6 Å². The van der Waals surface area contributed by atoms with Crippen LogP contribution >= 0.6 is 11.6 Å². The molecule has 106 valence electrons. The largest absolute Gasteiger partial charge is 0.302 e. The van der Waals surface area contributed by atoms with E-state index in [9.17, 15) is 0 Å². The first kappa shape index (κ1) is 15.1. The zero-order valence-electron chi connectivity index (χ0n) is 12.4. The van der Waals surface area contributed by atoms with Gasteiger partial charge in [0.1, 0.15) is 0 Å². The van der Waals surface area contributed by atoms with Gasteiger partial charge in [-0.05, 0) is 43.0 Å². The number of halogens is 1. The van der Waals surface area contributed by atoms with E-state index in [4.69, 9.17) is 11.6 Å². The zero-order valence-corrected chi connectivity index (χ0v) is 13.2. The summed E-state index contributed by atoms with van der Waals surface area (Å²) in [5, 5.41) is 3.63. The van der Waals surface area contributed by atoms with Gasteiger partial charge < -0.3 is 5.32 Å². The Balaban J connectivity index is 2.20. The normalized spacial score (nSPS) is 14.0. The van der Waals surface area contributed by atoms with Crippen molar-refractivity contribution < 1.29 is 0 Å². The summed E-state index contributed by atoms with van der Waals surface area (Å²) in [6.07, 6.45) is 0.